The molecule has 1 N–H and O–H groups in total. The van der Waals surface area contributed by atoms with E-state index in [0.29, 0.717) is 11.5 Å². The van der Waals surface area contributed by atoms with Crippen LogP contribution in [0.5, 0.6) is 0 Å². The highest BCUT2D eigenvalue weighted by molar-refractivity contribution is 7.17. The lowest BCUT2D eigenvalue weighted by molar-refractivity contribution is 0.0951. The Morgan fingerprint density at radius 2 is 2.25 bits per heavy atom. The van der Waals surface area contributed by atoms with E-state index >= 15 is 0 Å². The topological polar surface area (TPSA) is 63.5 Å². The second kappa shape index (κ2) is 5.36. The van der Waals surface area contributed by atoms with Crippen LogP contribution in [0, 0.1) is 0 Å². The molecule has 0 atom stereocenters. The van der Waals surface area contributed by atoms with E-state index in [2.05, 4.69) is 10.3 Å². The minimum atomic E-state index is -0.325. The van der Waals surface area contributed by atoms with Crippen LogP contribution < -0.4 is 10.9 Å². The van der Waals surface area contributed by atoms with Gasteiger partial charge in [0, 0.05) is 23.3 Å². The summed E-state index contributed by atoms with van der Waals surface area (Å²) in [6.07, 6.45) is 6.42. The molecule has 5 nitrogen and oxygen atoms in total. The number of amides is 1. The van der Waals surface area contributed by atoms with Crippen LogP contribution in [-0.4, -0.2) is 21.8 Å². The van der Waals surface area contributed by atoms with Gasteiger partial charge in [-0.05, 0) is 32.1 Å². The average molecular weight is 291 g/mol. The van der Waals surface area contributed by atoms with Crippen LogP contribution in [0.2, 0.25) is 0 Å². The summed E-state index contributed by atoms with van der Waals surface area (Å²) in [5.74, 6) is -0.325. The maximum absolute atomic E-state index is 12.5. The molecule has 0 saturated carbocycles. The highest BCUT2D eigenvalue weighted by Crippen LogP contribution is 2.28. The number of thiazole rings is 1. The quantitative estimate of drug-likeness (QED) is 0.937. The van der Waals surface area contributed by atoms with E-state index < -0.39 is 0 Å². The zero-order valence-electron chi connectivity index (χ0n) is 11.4. The summed E-state index contributed by atoms with van der Waals surface area (Å²) in [4.78, 5) is 30.8. The van der Waals surface area contributed by atoms with Crippen LogP contribution in [0.4, 0.5) is 0 Å². The van der Waals surface area contributed by atoms with Crippen LogP contribution in [0.3, 0.4) is 0 Å². The molecule has 0 aromatic carbocycles. The van der Waals surface area contributed by atoms with Crippen molar-refractivity contribution in [2.75, 3.05) is 6.54 Å². The summed E-state index contributed by atoms with van der Waals surface area (Å²) in [5, 5.41) is 2.74. The van der Waals surface area contributed by atoms with Gasteiger partial charge < -0.3 is 5.32 Å². The van der Waals surface area contributed by atoms with E-state index in [0.717, 1.165) is 31.4 Å². The smallest absolute Gasteiger partial charge is 0.271 e. The molecule has 2 aromatic heterocycles. The van der Waals surface area contributed by atoms with Gasteiger partial charge in [0.1, 0.15) is 5.56 Å². The molecule has 0 fully saturated rings. The Labute approximate surface area is 120 Å². The molecule has 0 radical (unpaired) electrons. The molecule has 0 aliphatic heterocycles. The summed E-state index contributed by atoms with van der Waals surface area (Å²) in [7, 11) is 0. The van der Waals surface area contributed by atoms with Gasteiger partial charge in [0.15, 0.2) is 4.96 Å². The number of rotatable bonds is 3. The van der Waals surface area contributed by atoms with Crippen LogP contribution in [0.1, 0.15) is 47.1 Å². The summed E-state index contributed by atoms with van der Waals surface area (Å²) in [5.41, 5.74) is 0.962. The van der Waals surface area contributed by atoms with Gasteiger partial charge >= 0.3 is 0 Å². The van der Waals surface area contributed by atoms with Crippen LogP contribution >= 0.6 is 11.3 Å². The van der Waals surface area contributed by atoms with Crippen molar-refractivity contribution >= 4 is 22.2 Å². The third-order valence-electron chi connectivity index (χ3n) is 3.58. The van der Waals surface area contributed by atoms with E-state index in [9.17, 15) is 9.59 Å². The normalized spacial score (nSPS) is 14.2. The Hall–Kier alpha value is -1.69. The van der Waals surface area contributed by atoms with Gasteiger partial charge in [0.2, 0.25) is 0 Å². The fourth-order valence-electron chi connectivity index (χ4n) is 2.56. The molecule has 0 bridgehead atoms. The number of fused-ring (bicyclic) bond motifs is 3. The fraction of sp³-hybridized carbons (Fsp3) is 0.500. The molecule has 1 amide bonds. The molecule has 0 saturated heterocycles. The van der Waals surface area contributed by atoms with Crippen molar-refractivity contribution < 1.29 is 4.79 Å². The number of nitrogens with zero attached hydrogens (tertiary/aromatic N) is 2. The summed E-state index contributed by atoms with van der Waals surface area (Å²) in [6, 6.07) is 0. The third kappa shape index (κ3) is 2.14. The number of hydrogen-bond donors (Lipinski definition) is 1. The monoisotopic (exact) mass is 291 g/mol. The second-order valence-corrected chi connectivity index (χ2v) is 6.09. The molecule has 106 valence electrons. The van der Waals surface area contributed by atoms with Crippen molar-refractivity contribution in [2.24, 2.45) is 0 Å². The summed E-state index contributed by atoms with van der Waals surface area (Å²) < 4.78 is 1.64. The lowest BCUT2D eigenvalue weighted by atomic mass is 10.0. The van der Waals surface area contributed by atoms with Gasteiger partial charge in [-0.3, -0.25) is 14.0 Å². The summed E-state index contributed by atoms with van der Waals surface area (Å²) in [6.45, 7) is 2.55. The van der Waals surface area contributed by atoms with Gasteiger partial charge in [0.05, 0.1) is 0 Å². The molecule has 2 heterocycles. The lowest BCUT2D eigenvalue weighted by Gasteiger charge is -2.10. The van der Waals surface area contributed by atoms with Gasteiger partial charge in [0.25, 0.3) is 11.5 Å². The average Bonchev–Trinajstić information content (AvgIpc) is 2.84. The van der Waals surface area contributed by atoms with E-state index in [1.54, 1.807) is 15.7 Å². The van der Waals surface area contributed by atoms with E-state index in [-0.39, 0.29) is 17.0 Å². The van der Waals surface area contributed by atoms with Crippen molar-refractivity contribution in [1.29, 1.82) is 0 Å². The Balaban J connectivity index is 2.10. The second-order valence-electron chi connectivity index (χ2n) is 5.03. The predicted octanol–water partition coefficient (Wildman–Crippen LogP) is 1.77. The first-order valence-electron chi connectivity index (χ1n) is 7.03. The predicted molar refractivity (Wildman–Crippen MR) is 78.6 cm³/mol. The number of nitrogens with one attached hydrogen (secondary N) is 1. The lowest BCUT2D eigenvalue weighted by Crippen LogP contribution is -2.32. The van der Waals surface area contributed by atoms with Crippen molar-refractivity contribution in [3.63, 3.8) is 0 Å². The highest BCUT2D eigenvalue weighted by atomic mass is 32.1. The van der Waals surface area contributed by atoms with E-state index in [1.807, 2.05) is 6.92 Å². The number of aromatic nitrogens is 2. The molecule has 0 spiro atoms. The maximum Gasteiger partial charge on any atom is 0.271 e. The fourth-order valence-corrected chi connectivity index (χ4v) is 3.73. The zero-order valence-corrected chi connectivity index (χ0v) is 12.3. The Bertz CT molecular complexity index is 717. The molecule has 1 aliphatic carbocycles. The third-order valence-corrected chi connectivity index (χ3v) is 4.74. The van der Waals surface area contributed by atoms with Gasteiger partial charge in [-0.25, -0.2) is 4.98 Å². The number of hydrogen-bond acceptors (Lipinski definition) is 4. The molecule has 6 heteroatoms. The minimum absolute atomic E-state index is 0.141. The molecule has 0 unspecified atom stereocenters. The molecule has 2 aromatic rings. The summed E-state index contributed by atoms with van der Waals surface area (Å²) >= 11 is 1.57. The molecular weight excluding hydrogens is 274 g/mol. The molecular formula is C14H17N3O2S. The molecule has 3 rings (SSSR count). The molecule has 20 heavy (non-hydrogen) atoms. The van der Waals surface area contributed by atoms with Crippen molar-refractivity contribution in [2.45, 2.75) is 39.0 Å². The molecule has 1 aliphatic rings. The first-order valence-corrected chi connectivity index (χ1v) is 7.84. The highest BCUT2D eigenvalue weighted by Gasteiger charge is 2.21. The van der Waals surface area contributed by atoms with Crippen molar-refractivity contribution in [1.82, 2.24) is 14.7 Å². The Morgan fingerprint density at radius 3 is 3.05 bits per heavy atom. The maximum atomic E-state index is 12.5. The van der Waals surface area contributed by atoms with Crippen LogP contribution in [-0.2, 0) is 12.8 Å². The Kier molecular flexibility index (Phi) is 3.56. The van der Waals surface area contributed by atoms with E-state index in [4.69, 9.17) is 0 Å². The Morgan fingerprint density at radius 1 is 1.45 bits per heavy atom. The SMILES string of the molecule is CCCNC(=O)c1cnc2sc3c(n2c1=O)CCCC3. The minimum Gasteiger partial charge on any atom is -0.352 e. The number of carbonyl (C=O) groups is 1. The standard InChI is InChI=1S/C14H17N3O2S/c1-2-7-15-12(18)9-8-16-14-17(13(9)19)10-5-3-4-6-11(10)20-14/h8H,2-7H2,1H3,(H,15,18). The number of aryl methyl sites for hydroxylation is 2. The van der Waals surface area contributed by atoms with Crippen LogP contribution in [0.15, 0.2) is 11.0 Å². The van der Waals surface area contributed by atoms with Crippen LogP contribution in [0.25, 0.3) is 4.96 Å². The first kappa shape index (κ1) is 13.3. The van der Waals surface area contributed by atoms with E-state index in [1.165, 1.54) is 17.5 Å². The first-order chi connectivity index (χ1) is 9.72. The van der Waals surface area contributed by atoms with Crippen molar-refractivity contribution in [3.05, 3.63) is 32.7 Å². The van der Waals surface area contributed by atoms with Gasteiger partial charge in [-0.15, -0.1) is 11.3 Å². The zero-order chi connectivity index (χ0) is 14.1. The van der Waals surface area contributed by atoms with Crippen molar-refractivity contribution in [3.8, 4) is 0 Å². The number of carbonyl (C=O) groups excluding carboxylic acids is 1. The van der Waals surface area contributed by atoms with Gasteiger partial charge in [-0.2, -0.15) is 0 Å². The van der Waals surface area contributed by atoms with Gasteiger partial charge in [-0.1, -0.05) is 6.92 Å². The largest absolute Gasteiger partial charge is 0.352 e.